The van der Waals surface area contributed by atoms with Crippen LogP contribution in [0.3, 0.4) is 0 Å². The third-order valence-corrected chi connectivity index (χ3v) is 5.04. The van der Waals surface area contributed by atoms with Crippen molar-refractivity contribution in [3.8, 4) is 0 Å². The van der Waals surface area contributed by atoms with Crippen molar-refractivity contribution in [2.45, 2.75) is 36.0 Å². The second kappa shape index (κ2) is 9.15. The van der Waals surface area contributed by atoms with E-state index < -0.39 is 11.7 Å². The summed E-state index contributed by atoms with van der Waals surface area (Å²) in [6.45, 7) is 1.16. The maximum Gasteiger partial charge on any atom is 0.317 e. The van der Waals surface area contributed by atoms with E-state index in [2.05, 4.69) is 0 Å². The summed E-state index contributed by atoms with van der Waals surface area (Å²) < 4.78 is 24.7. The third kappa shape index (κ3) is 5.97. The van der Waals surface area contributed by atoms with Crippen molar-refractivity contribution in [2.75, 3.05) is 26.7 Å². The Morgan fingerprint density at radius 1 is 1.28 bits per heavy atom. The minimum absolute atomic E-state index is 0.0120. The summed E-state index contributed by atoms with van der Waals surface area (Å²) in [7, 11) is 1.79. The lowest BCUT2D eigenvalue weighted by Crippen LogP contribution is -2.37. The predicted octanol–water partition coefficient (Wildman–Crippen LogP) is 3.01. The maximum atomic E-state index is 12.6. The molecule has 0 aromatic heterocycles. The number of hydrogen-bond acceptors (Lipinski definition) is 4. The van der Waals surface area contributed by atoms with Crippen LogP contribution < -0.4 is 0 Å². The first kappa shape index (κ1) is 19.7. The van der Waals surface area contributed by atoms with E-state index in [0.717, 1.165) is 19.3 Å². The lowest BCUT2D eigenvalue weighted by atomic mass is 10.1. The molecular formula is C17H22F2N2O3S. The number of carbonyl (C=O) groups is 2. The summed E-state index contributed by atoms with van der Waals surface area (Å²) in [5, 5.41) is 8.90. The molecule has 1 aromatic carbocycles. The number of likely N-dealkylation sites (N-methyl/N-ethyl adjacent to an activating group) is 1. The van der Waals surface area contributed by atoms with Gasteiger partial charge in [-0.3, -0.25) is 14.5 Å². The molecule has 0 bridgehead atoms. The van der Waals surface area contributed by atoms with E-state index in [4.69, 9.17) is 5.11 Å². The highest BCUT2D eigenvalue weighted by Gasteiger charge is 2.24. The molecule has 0 spiro atoms. The molecule has 1 fully saturated rings. The predicted molar refractivity (Wildman–Crippen MR) is 92.1 cm³/mol. The van der Waals surface area contributed by atoms with Crippen molar-refractivity contribution in [1.29, 1.82) is 0 Å². The molecule has 1 aromatic rings. The standard InChI is InChI=1S/C17H22F2N2O3S/c1-20(11-15(22)23)13-3-2-9-21(10-8-13)16(24)12-4-6-14(7-5-12)25-17(18)19/h4-7,13,17H,2-3,8-11H2,1H3,(H,22,23). The number of nitrogens with zero attached hydrogens (tertiary/aromatic N) is 2. The molecule has 2 rings (SSSR count). The normalized spacial score (nSPS) is 18.4. The van der Waals surface area contributed by atoms with Crippen molar-refractivity contribution < 1.29 is 23.5 Å². The van der Waals surface area contributed by atoms with E-state index in [1.807, 2.05) is 4.90 Å². The van der Waals surface area contributed by atoms with Gasteiger partial charge in [0, 0.05) is 29.6 Å². The third-order valence-electron chi connectivity index (χ3n) is 4.32. The summed E-state index contributed by atoms with van der Waals surface area (Å²) in [6, 6.07) is 6.35. The molecule has 5 nitrogen and oxygen atoms in total. The van der Waals surface area contributed by atoms with E-state index in [-0.39, 0.29) is 18.5 Å². The zero-order valence-electron chi connectivity index (χ0n) is 14.0. The van der Waals surface area contributed by atoms with Gasteiger partial charge in [-0.2, -0.15) is 8.78 Å². The zero-order chi connectivity index (χ0) is 18.4. The average molecular weight is 372 g/mol. The van der Waals surface area contributed by atoms with Gasteiger partial charge in [-0.1, -0.05) is 11.8 Å². The fraction of sp³-hybridized carbons (Fsp3) is 0.529. The lowest BCUT2D eigenvalue weighted by molar-refractivity contribution is -0.138. The Morgan fingerprint density at radius 3 is 2.56 bits per heavy atom. The highest BCUT2D eigenvalue weighted by Crippen LogP contribution is 2.25. The van der Waals surface area contributed by atoms with E-state index >= 15 is 0 Å². The summed E-state index contributed by atoms with van der Waals surface area (Å²) in [5.41, 5.74) is 0.482. The molecule has 138 valence electrons. The smallest absolute Gasteiger partial charge is 0.317 e. The molecule has 25 heavy (non-hydrogen) atoms. The van der Waals surface area contributed by atoms with Crippen LogP contribution in [0.25, 0.3) is 0 Å². The number of hydrogen-bond donors (Lipinski definition) is 1. The number of alkyl halides is 2. The first-order valence-corrected chi connectivity index (χ1v) is 9.01. The summed E-state index contributed by atoms with van der Waals surface area (Å²) in [4.78, 5) is 27.4. The lowest BCUT2D eigenvalue weighted by Gasteiger charge is -2.25. The number of carboxylic acid groups (broad SMARTS) is 1. The number of likely N-dealkylation sites (tertiary alicyclic amines) is 1. The molecule has 0 aliphatic carbocycles. The van der Waals surface area contributed by atoms with Gasteiger partial charge in [0.15, 0.2) is 0 Å². The van der Waals surface area contributed by atoms with Crippen LogP contribution in [0, 0.1) is 0 Å². The Labute approximate surface area is 150 Å². The average Bonchev–Trinajstić information content (AvgIpc) is 2.80. The van der Waals surface area contributed by atoms with Crippen LogP contribution in [0.2, 0.25) is 0 Å². The Kier molecular flexibility index (Phi) is 7.19. The monoisotopic (exact) mass is 372 g/mol. The fourth-order valence-corrected chi connectivity index (χ4v) is 3.53. The molecule has 8 heteroatoms. The summed E-state index contributed by atoms with van der Waals surface area (Å²) in [6.07, 6.45) is 2.37. The number of carboxylic acids is 1. The molecule has 0 radical (unpaired) electrons. The number of benzene rings is 1. The Morgan fingerprint density at radius 2 is 1.96 bits per heavy atom. The van der Waals surface area contributed by atoms with Gasteiger partial charge < -0.3 is 10.0 Å². The number of thioether (sulfide) groups is 1. The van der Waals surface area contributed by atoms with Gasteiger partial charge in [0.2, 0.25) is 0 Å². The van der Waals surface area contributed by atoms with Crippen LogP contribution in [0.15, 0.2) is 29.2 Å². The highest BCUT2D eigenvalue weighted by molar-refractivity contribution is 7.99. The second-order valence-electron chi connectivity index (χ2n) is 6.09. The molecule has 1 aliphatic rings. The molecule has 1 heterocycles. The van der Waals surface area contributed by atoms with Crippen LogP contribution in [-0.2, 0) is 4.79 Å². The Bertz CT molecular complexity index is 598. The summed E-state index contributed by atoms with van der Waals surface area (Å²) >= 11 is 0.454. The molecule has 1 amide bonds. The van der Waals surface area contributed by atoms with Gasteiger partial charge in [0.1, 0.15) is 0 Å². The molecule has 1 N–H and O–H groups in total. The van der Waals surface area contributed by atoms with E-state index in [1.54, 1.807) is 24.1 Å². The molecule has 1 unspecified atom stereocenters. The molecule has 1 saturated heterocycles. The van der Waals surface area contributed by atoms with Crippen molar-refractivity contribution in [2.24, 2.45) is 0 Å². The van der Waals surface area contributed by atoms with Crippen LogP contribution in [0.4, 0.5) is 8.78 Å². The molecule has 1 atom stereocenters. The quantitative estimate of drug-likeness (QED) is 0.778. The van der Waals surface area contributed by atoms with Gasteiger partial charge in [-0.05, 0) is 50.6 Å². The first-order valence-electron chi connectivity index (χ1n) is 8.13. The first-order chi connectivity index (χ1) is 11.9. The molecule has 0 saturated carbocycles. The van der Waals surface area contributed by atoms with Gasteiger partial charge in [-0.15, -0.1) is 0 Å². The van der Waals surface area contributed by atoms with Gasteiger partial charge in [0.25, 0.3) is 11.7 Å². The molecular weight excluding hydrogens is 350 g/mol. The fourth-order valence-electron chi connectivity index (χ4n) is 3.03. The second-order valence-corrected chi connectivity index (χ2v) is 7.15. The Balaban J connectivity index is 1.95. The van der Waals surface area contributed by atoms with Crippen molar-refractivity contribution in [1.82, 2.24) is 9.80 Å². The van der Waals surface area contributed by atoms with Gasteiger partial charge in [0.05, 0.1) is 6.54 Å². The maximum absolute atomic E-state index is 12.6. The number of halogens is 2. The largest absolute Gasteiger partial charge is 0.480 e. The highest BCUT2D eigenvalue weighted by atomic mass is 32.2. The van der Waals surface area contributed by atoms with Crippen molar-refractivity contribution in [3.05, 3.63) is 29.8 Å². The van der Waals surface area contributed by atoms with Crippen LogP contribution >= 0.6 is 11.8 Å². The number of carbonyl (C=O) groups excluding carboxylic acids is 1. The van der Waals surface area contributed by atoms with Crippen LogP contribution in [0.1, 0.15) is 29.6 Å². The summed E-state index contributed by atoms with van der Waals surface area (Å²) in [5.74, 6) is -3.46. The van der Waals surface area contributed by atoms with Gasteiger partial charge in [-0.25, -0.2) is 0 Å². The number of aliphatic carboxylic acids is 1. The van der Waals surface area contributed by atoms with Crippen molar-refractivity contribution in [3.63, 3.8) is 0 Å². The van der Waals surface area contributed by atoms with Gasteiger partial charge >= 0.3 is 5.97 Å². The topological polar surface area (TPSA) is 60.9 Å². The molecule has 1 aliphatic heterocycles. The Hall–Kier alpha value is -1.67. The minimum Gasteiger partial charge on any atom is -0.480 e. The van der Waals surface area contributed by atoms with Crippen LogP contribution in [-0.4, -0.2) is 65.3 Å². The zero-order valence-corrected chi connectivity index (χ0v) is 14.8. The van der Waals surface area contributed by atoms with E-state index in [1.165, 1.54) is 12.1 Å². The van der Waals surface area contributed by atoms with E-state index in [0.29, 0.717) is 35.3 Å². The number of rotatable bonds is 6. The number of amides is 1. The van der Waals surface area contributed by atoms with Crippen LogP contribution in [0.5, 0.6) is 0 Å². The minimum atomic E-state index is -2.48. The SMILES string of the molecule is CN(CC(=O)O)C1CCCN(C(=O)c2ccc(SC(F)F)cc2)CC1. The van der Waals surface area contributed by atoms with Crippen molar-refractivity contribution >= 4 is 23.6 Å². The van der Waals surface area contributed by atoms with E-state index in [9.17, 15) is 18.4 Å².